The lowest BCUT2D eigenvalue weighted by Crippen LogP contribution is -2.26. The van der Waals surface area contributed by atoms with Gasteiger partial charge in [-0.1, -0.05) is 17.7 Å². The number of benzene rings is 2. The molecule has 0 aliphatic heterocycles. The Balaban J connectivity index is 1.62. The molecule has 0 aliphatic rings. The van der Waals surface area contributed by atoms with Crippen molar-refractivity contribution in [1.82, 2.24) is 9.88 Å². The number of methoxy groups -OCH3 is 1. The van der Waals surface area contributed by atoms with Crippen LogP contribution in [0.25, 0.3) is 0 Å². The van der Waals surface area contributed by atoms with Crippen LogP contribution in [0.4, 0.5) is 8.78 Å². The summed E-state index contributed by atoms with van der Waals surface area (Å²) in [6.45, 7) is -2.58. The molecule has 1 aromatic heterocycles. The standard InChI is InChI=1S/C21H19ClF2N2O4S/c1-26(10-13-3-8-17(28-2)18(9-13)30-21(23)24)20(27)16-12-31-19(25-16)11-29-15-6-4-14(22)5-7-15/h3-9,12,21H,10-11H2,1-2H3. The monoisotopic (exact) mass is 468 g/mol. The number of rotatable bonds is 9. The van der Waals surface area contributed by atoms with Crippen LogP contribution in [0.2, 0.25) is 5.02 Å². The number of aromatic nitrogens is 1. The number of hydrogen-bond acceptors (Lipinski definition) is 6. The third-order valence-electron chi connectivity index (χ3n) is 4.16. The van der Waals surface area contributed by atoms with Crippen molar-refractivity contribution < 1.29 is 27.8 Å². The topological polar surface area (TPSA) is 60.9 Å². The molecular weight excluding hydrogens is 450 g/mol. The molecule has 31 heavy (non-hydrogen) atoms. The largest absolute Gasteiger partial charge is 0.493 e. The van der Waals surface area contributed by atoms with Crippen molar-refractivity contribution in [3.63, 3.8) is 0 Å². The van der Waals surface area contributed by atoms with Crippen LogP contribution in [0, 0.1) is 0 Å². The lowest BCUT2D eigenvalue weighted by atomic mass is 10.2. The van der Waals surface area contributed by atoms with Crippen LogP contribution >= 0.6 is 22.9 Å². The number of hydrogen-bond donors (Lipinski definition) is 0. The van der Waals surface area contributed by atoms with E-state index in [0.29, 0.717) is 21.3 Å². The summed E-state index contributed by atoms with van der Waals surface area (Å²) in [5, 5.41) is 2.91. The summed E-state index contributed by atoms with van der Waals surface area (Å²) in [7, 11) is 2.96. The fraction of sp³-hybridized carbons (Fsp3) is 0.238. The molecule has 0 unspecified atom stereocenters. The van der Waals surface area contributed by atoms with Gasteiger partial charge in [-0.3, -0.25) is 4.79 Å². The van der Waals surface area contributed by atoms with Gasteiger partial charge in [-0.25, -0.2) is 4.98 Å². The Morgan fingerprint density at radius 1 is 1.19 bits per heavy atom. The summed E-state index contributed by atoms with van der Waals surface area (Å²) >= 11 is 7.15. The van der Waals surface area contributed by atoms with Gasteiger partial charge in [0.15, 0.2) is 11.5 Å². The molecule has 0 spiro atoms. The smallest absolute Gasteiger partial charge is 0.387 e. The van der Waals surface area contributed by atoms with E-state index >= 15 is 0 Å². The van der Waals surface area contributed by atoms with Crippen LogP contribution in [0.1, 0.15) is 21.1 Å². The molecule has 164 valence electrons. The van der Waals surface area contributed by atoms with Crippen LogP contribution in [0.5, 0.6) is 17.2 Å². The Hall–Kier alpha value is -2.91. The molecule has 0 saturated heterocycles. The molecule has 0 aliphatic carbocycles. The van der Waals surface area contributed by atoms with Crippen molar-refractivity contribution in [2.75, 3.05) is 14.2 Å². The van der Waals surface area contributed by atoms with Crippen molar-refractivity contribution in [3.05, 3.63) is 69.1 Å². The average Bonchev–Trinajstić information content (AvgIpc) is 3.21. The zero-order valence-corrected chi connectivity index (χ0v) is 18.3. The number of alkyl halides is 2. The molecule has 10 heteroatoms. The molecule has 0 bridgehead atoms. The highest BCUT2D eigenvalue weighted by molar-refractivity contribution is 7.09. The minimum Gasteiger partial charge on any atom is -0.493 e. The highest BCUT2D eigenvalue weighted by atomic mass is 35.5. The first-order valence-corrected chi connectivity index (χ1v) is 10.3. The van der Waals surface area contributed by atoms with Crippen LogP contribution in [0.3, 0.4) is 0 Å². The average molecular weight is 469 g/mol. The summed E-state index contributed by atoms with van der Waals surface area (Å²) in [4.78, 5) is 18.5. The number of carbonyl (C=O) groups excluding carboxylic acids is 1. The van der Waals surface area contributed by atoms with Gasteiger partial charge in [-0.15, -0.1) is 11.3 Å². The Bertz CT molecular complexity index is 1030. The number of ether oxygens (including phenoxy) is 3. The van der Waals surface area contributed by atoms with E-state index in [1.165, 1.54) is 35.5 Å². The number of nitrogens with zero attached hydrogens (tertiary/aromatic N) is 2. The van der Waals surface area contributed by atoms with E-state index in [0.717, 1.165) is 0 Å². The van der Waals surface area contributed by atoms with E-state index in [1.54, 1.807) is 42.8 Å². The van der Waals surface area contributed by atoms with Gasteiger partial charge >= 0.3 is 6.61 Å². The van der Waals surface area contributed by atoms with E-state index < -0.39 is 6.61 Å². The maximum atomic E-state index is 12.7. The van der Waals surface area contributed by atoms with Gasteiger partial charge in [0.05, 0.1) is 7.11 Å². The minimum absolute atomic E-state index is 0.0915. The molecule has 3 aromatic rings. The quantitative estimate of drug-likeness (QED) is 0.429. The van der Waals surface area contributed by atoms with Crippen LogP contribution in [-0.4, -0.2) is 36.6 Å². The van der Waals surface area contributed by atoms with Crippen LogP contribution in [-0.2, 0) is 13.2 Å². The fourth-order valence-corrected chi connectivity index (χ4v) is 3.51. The van der Waals surface area contributed by atoms with E-state index in [2.05, 4.69) is 9.72 Å². The summed E-state index contributed by atoms with van der Waals surface area (Å²) in [5.74, 6) is 0.432. The molecule has 1 heterocycles. The van der Waals surface area contributed by atoms with Crippen LogP contribution in [0.15, 0.2) is 47.8 Å². The lowest BCUT2D eigenvalue weighted by Gasteiger charge is -2.17. The number of carbonyl (C=O) groups is 1. The maximum Gasteiger partial charge on any atom is 0.387 e. The Kier molecular flexibility index (Phi) is 7.64. The summed E-state index contributed by atoms with van der Waals surface area (Å²) < 4.78 is 40.4. The molecule has 0 fully saturated rings. The summed E-state index contributed by atoms with van der Waals surface area (Å²) in [6, 6.07) is 11.5. The van der Waals surface area contributed by atoms with Gasteiger partial charge in [0.1, 0.15) is 23.1 Å². The van der Waals surface area contributed by atoms with Crippen molar-refractivity contribution >= 4 is 28.8 Å². The predicted octanol–water partition coefficient (Wildman–Crippen LogP) is 5.26. The zero-order chi connectivity index (χ0) is 22.4. The van der Waals surface area contributed by atoms with Crippen LogP contribution < -0.4 is 14.2 Å². The SMILES string of the molecule is COc1ccc(CN(C)C(=O)c2csc(COc3ccc(Cl)cc3)n2)cc1OC(F)F. The van der Waals surface area contributed by atoms with E-state index in [9.17, 15) is 13.6 Å². The molecule has 2 aromatic carbocycles. The first-order valence-electron chi connectivity index (χ1n) is 9.05. The molecular formula is C21H19ClF2N2O4S. The Labute approximate surface area is 186 Å². The van der Waals surface area contributed by atoms with Gasteiger partial charge < -0.3 is 19.1 Å². The van der Waals surface area contributed by atoms with Gasteiger partial charge in [-0.05, 0) is 42.0 Å². The van der Waals surface area contributed by atoms with Crippen molar-refractivity contribution in [2.24, 2.45) is 0 Å². The molecule has 6 nitrogen and oxygen atoms in total. The molecule has 3 rings (SSSR count). The molecule has 0 atom stereocenters. The number of halogens is 3. The minimum atomic E-state index is -2.98. The second-order valence-electron chi connectivity index (χ2n) is 6.39. The van der Waals surface area contributed by atoms with Crippen molar-refractivity contribution in [2.45, 2.75) is 19.8 Å². The normalized spacial score (nSPS) is 10.8. The van der Waals surface area contributed by atoms with Gasteiger partial charge in [0, 0.05) is 24.0 Å². The highest BCUT2D eigenvalue weighted by Gasteiger charge is 2.18. The molecule has 0 saturated carbocycles. The first-order chi connectivity index (χ1) is 14.9. The van der Waals surface area contributed by atoms with Gasteiger partial charge in [0.25, 0.3) is 5.91 Å². The third kappa shape index (κ3) is 6.28. The fourth-order valence-electron chi connectivity index (χ4n) is 2.70. The number of thiazole rings is 1. The molecule has 0 radical (unpaired) electrons. The zero-order valence-electron chi connectivity index (χ0n) is 16.7. The van der Waals surface area contributed by atoms with E-state index in [-0.39, 0.29) is 36.3 Å². The Morgan fingerprint density at radius 2 is 1.94 bits per heavy atom. The molecule has 0 N–H and O–H groups in total. The first kappa shape index (κ1) is 22.8. The van der Waals surface area contributed by atoms with Crippen molar-refractivity contribution in [1.29, 1.82) is 0 Å². The highest BCUT2D eigenvalue weighted by Crippen LogP contribution is 2.30. The Morgan fingerprint density at radius 3 is 2.61 bits per heavy atom. The number of amides is 1. The van der Waals surface area contributed by atoms with Crippen molar-refractivity contribution in [3.8, 4) is 17.2 Å². The molecule has 1 amide bonds. The van der Waals surface area contributed by atoms with E-state index in [4.69, 9.17) is 21.1 Å². The third-order valence-corrected chi connectivity index (χ3v) is 5.23. The summed E-state index contributed by atoms with van der Waals surface area (Å²) in [6.07, 6.45) is 0. The second-order valence-corrected chi connectivity index (χ2v) is 7.77. The van der Waals surface area contributed by atoms with E-state index in [1.807, 2.05) is 0 Å². The second kappa shape index (κ2) is 10.4. The summed E-state index contributed by atoms with van der Waals surface area (Å²) in [5.41, 5.74) is 0.883. The van der Waals surface area contributed by atoms with Gasteiger partial charge in [-0.2, -0.15) is 8.78 Å². The predicted molar refractivity (Wildman–Crippen MR) is 113 cm³/mol. The lowest BCUT2D eigenvalue weighted by molar-refractivity contribution is -0.0512. The van der Waals surface area contributed by atoms with Gasteiger partial charge in [0.2, 0.25) is 0 Å². The maximum absolute atomic E-state index is 12.7.